The number of rotatable bonds is 3. The molecule has 0 spiro atoms. The van der Waals surface area contributed by atoms with Crippen LogP contribution < -0.4 is 5.73 Å². The quantitative estimate of drug-likeness (QED) is 0.922. The van der Waals surface area contributed by atoms with Crippen molar-refractivity contribution in [2.24, 2.45) is 5.73 Å². The molecule has 0 radical (unpaired) electrons. The third kappa shape index (κ3) is 2.40. The summed E-state index contributed by atoms with van der Waals surface area (Å²) in [6.45, 7) is 2.75. The summed E-state index contributed by atoms with van der Waals surface area (Å²) in [5.41, 5.74) is 6.56. The molecule has 1 fully saturated rings. The van der Waals surface area contributed by atoms with Crippen molar-refractivity contribution >= 4 is 21.6 Å². The monoisotopic (exact) mass is 288 g/mol. The van der Waals surface area contributed by atoms with E-state index < -0.39 is 10.0 Å². The predicted molar refractivity (Wildman–Crippen MR) is 72.2 cm³/mol. The third-order valence-electron chi connectivity index (χ3n) is 3.27. The maximum absolute atomic E-state index is 12.5. The second kappa shape index (κ2) is 5.17. The Labute approximate surface area is 113 Å². The van der Waals surface area contributed by atoms with Gasteiger partial charge in [-0.1, -0.05) is 17.7 Å². The molecule has 0 aromatic heterocycles. The first kappa shape index (κ1) is 13.8. The van der Waals surface area contributed by atoms with E-state index in [1.165, 1.54) is 4.31 Å². The highest BCUT2D eigenvalue weighted by atomic mass is 35.5. The van der Waals surface area contributed by atoms with Gasteiger partial charge >= 0.3 is 0 Å². The van der Waals surface area contributed by atoms with Gasteiger partial charge in [0.25, 0.3) is 0 Å². The smallest absolute Gasteiger partial charge is 0.244 e. The van der Waals surface area contributed by atoms with Crippen LogP contribution in [0.15, 0.2) is 23.1 Å². The lowest BCUT2D eigenvalue weighted by Crippen LogP contribution is -2.39. The largest absolute Gasteiger partial charge is 0.329 e. The molecule has 1 aliphatic rings. The highest BCUT2D eigenvalue weighted by Gasteiger charge is 2.35. The molecule has 1 aromatic carbocycles. The van der Waals surface area contributed by atoms with E-state index in [-0.39, 0.29) is 16.0 Å². The van der Waals surface area contributed by atoms with Crippen LogP contribution in [0.3, 0.4) is 0 Å². The predicted octanol–water partition coefficient (Wildman–Crippen LogP) is 1.76. The van der Waals surface area contributed by atoms with Gasteiger partial charge in [-0.05, 0) is 37.5 Å². The van der Waals surface area contributed by atoms with Gasteiger partial charge in [-0.15, -0.1) is 0 Å². The molecule has 0 bridgehead atoms. The minimum atomic E-state index is -3.53. The van der Waals surface area contributed by atoms with Crippen molar-refractivity contribution in [3.05, 3.63) is 28.8 Å². The number of nitrogens with zero attached hydrogens (tertiary/aromatic N) is 1. The summed E-state index contributed by atoms with van der Waals surface area (Å²) in [4.78, 5) is 0.176. The molecule has 1 aliphatic heterocycles. The van der Waals surface area contributed by atoms with Gasteiger partial charge in [-0.2, -0.15) is 4.31 Å². The Kier molecular flexibility index (Phi) is 3.96. The van der Waals surface area contributed by atoms with Gasteiger partial charge in [-0.25, -0.2) is 8.42 Å². The van der Waals surface area contributed by atoms with Crippen molar-refractivity contribution in [1.82, 2.24) is 4.31 Å². The Morgan fingerprint density at radius 3 is 2.83 bits per heavy atom. The average Bonchev–Trinajstić information content (AvgIpc) is 2.76. The Balaban J connectivity index is 2.42. The molecule has 18 heavy (non-hydrogen) atoms. The second-order valence-electron chi connectivity index (χ2n) is 4.58. The van der Waals surface area contributed by atoms with E-state index in [2.05, 4.69) is 0 Å². The summed E-state index contributed by atoms with van der Waals surface area (Å²) in [7, 11) is -3.53. The fourth-order valence-corrected chi connectivity index (χ4v) is 4.58. The zero-order valence-electron chi connectivity index (χ0n) is 10.3. The van der Waals surface area contributed by atoms with Crippen LogP contribution >= 0.6 is 11.6 Å². The maximum Gasteiger partial charge on any atom is 0.244 e. The fourth-order valence-electron chi connectivity index (χ4n) is 2.30. The number of halogens is 1. The highest BCUT2D eigenvalue weighted by Crippen LogP contribution is 2.30. The van der Waals surface area contributed by atoms with Crippen molar-refractivity contribution in [3.8, 4) is 0 Å². The number of aryl methyl sites for hydroxylation is 1. The van der Waals surface area contributed by atoms with Crippen LogP contribution in [0.25, 0.3) is 0 Å². The van der Waals surface area contributed by atoms with Gasteiger partial charge < -0.3 is 5.73 Å². The molecular weight excluding hydrogens is 272 g/mol. The van der Waals surface area contributed by atoms with E-state index in [1.807, 2.05) is 6.92 Å². The number of hydrogen-bond donors (Lipinski definition) is 1. The first-order valence-corrected chi connectivity index (χ1v) is 7.76. The Morgan fingerprint density at radius 1 is 1.50 bits per heavy atom. The van der Waals surface area contributed by atoms with Gasteiger partial charge in [0.1, 0.15) is 4.90 Å². The van der Waals surface area contributed by atoms with Crippen LogP contribution in [0.4, 0.5) is 0 Å². The van der Waals surface area contributed by atoms with E-state index in [4.69, 9.17) is 17.3 Å². The van der Waals surface area contributed by atoms with Gasteiger partial charge in [0, 0.05) is 19.1 Å². The van der Waals surface area contributed by atoms with Crippen molar-refractivity contribution in [3.63, 3.8) is 0 Å². The number of hydrogen-bond acceptors (Lipinski definition) is 3. The summed E-state index contributed by atoms with van der Waals surface area (Å²) in [6, 6.07) is 4.89. The molecule has 4 nitrogen and oxygen atoms in total. The molecule has 1 atom stereocenters. The van der Waals surface area contributed by atoms with E-state index >= 15 is 0 Å². The lowest BCUT2D eigenvalue weighted by Gasteiger charge is -2.23. The van der Waals surface area contributed by atoms with Crippen LogP contribution in [0.1, 0.15) is 18.4 Å². The maximum atomic E-state index is 12.5. The minimum absolute atomic E-state index is 0.104. The molecule has 100 valence electrons. The van der Waals surface area contributed by atoms with Gasteiger partial charge in [-0.3, -0.25) is 0 Å². The molecule has 1 saturated heterocycles. The normalized spacial score (nSPS) is 21.4. The SMILES string of the molecule is Cc1ccc(S(=O)(=O)N2CCCC2CN)c(Cl)c1. The standard InChI is InChI=1S/C12H17ClN2O2S/c1-9-4-5-12(11(13)7-9)18(16,17)15-6-2-3-10(15)8-14/h4-5,7,10H,2-3,6,8,14H2,1H3. The van der Waals surface area contributed by atoms with Crippen LogP contribution in [-0.2, 0) is 10.0 Å². The molecule has 2 rings (SSSR count). The third-order valence-corrected chi connectivity index (χ3v) is 5.70. The molecule has 6 heteroatoms. The van der Waals surface area contributed by atoms with Crippen molar-refractivity contribution in [2.75, 3.05) is 13.1 Å². The van der Waals surface area contributed by atoms with Crippen LogP contribution in [0.5, 0.6) is 0 Å². The fraction of sp³-hybridized carbons (Fsp3) is 0.500. The van der Waals surface area contributed by atoms with E-state index in [0.29, 0.717) is 13.1 Å². The molecule has 1 unspecified atom stereocenters. The van der Waals surface area contributed by atoms with Crippen molar-refractivity contribution in [2.45, 2.75) is 30.7 Å². The molecule has 0 saturated carbocycles. The summed E-state index contributed by atoms with van der Waals surface area (Å²) in [5.74, 6) is 0. The zero-order chi connectivity index (χ0) is 13.3. The summed E-state index contributed by atoms with van der Waals surface area (Å²) in [6.07, 6.45) is 1.67. The van der Waals surface area contributed by atoms with Gasteiger partial charge in [0.2, 0.25) is 10.0 Å². The molecular formula is C12H17ClN2O2S. The lowest BCUT2D eigenvalue weighted by atomic mass is 10.2. The van der Waals surface area contributed by atoms with E-state index in [9.17, 15) is 8.42 Å². The Hall–Kier alpha value is -0.620. The number of sulfonamides is 1. The van der Waals surface area contributed by atoms with E-state index in [0.717, 1.165) is 18.4 Å². The second-order valence-corrected chi connectivity index (χ2v) is 6.85. The van der Waals surface area contributed by atoms with E-state index in [1.54, 1.807) is 18.2 Å². The zero-order valence-corrected chi connectivity index (χ0v) is 11.8. The average molecular weight is 289 g/mol. The summed E-state index contributed by atoms with van der Waals surface area (Å²) >= 11 is 6.05. The highest BCUT2D eigenvalue weighted by molar-refractivity contribution is 7.89. The van der Waals surface area contributed by atoms with Crippen LogP contribution in [0.2, 0.25) is 5.02 Å². The van der Waals surface area contributed by atoms with Crippen LogP contribution in [-0.4, -0.2) is 31.9 Å². The lowest BCUT2D eigenvalue weighted by molar-refractivity contribution is 0.393. The first-order valence-electron chi connectivity index (χ1n) is 5.95. The topological polar surface area (TPSA) is 63.4 Å². The molecule has 2 N–H and O–H groups in total. The van der Waals surface area contributed by atoms with Crippen LogP contribution in [0, 0.1) is 6.92 Å². The molecule has 1 aromatic rings. The van der Waals surface area contributed by atoms with Gasteiger partial charge in [0.05, 0.1) is 5.02 Å². The minimum Gasteiger partial charge on any atom is -0.329 e. The summed E-state index contributed by atoms with van der Waals surface area (Å²) < 4.78 is 26.5. The molecule has 0 aliphatic carbocycles. The van der Waals surface area contributed by atoms with Gasteiger partial charge in [0.15, 0.2) is 0 Å². The number of nitrogens with two attached hydrogens (primary N) is 1. The van der Waals surface area contributed by atoms with Crippen molar-refractivity contribution < 1.29 is 8.42 Å². The number of benzene rings is 1. The molecule has 1 heterocycles. The Bertz CT molecular complexity index is 545. The molecule has 0 amide bonds. The first-order chi connectivity index (χ1) is 8.46. The van der Waals surface area contributed by atoms with Crippen molar-refractivity contribution in [1.29, 1.82) is 0 Å². The summed E-state index contributed by atoms with van der Waals surface area (Å²) in [5, 5.41) is 0.276. The Morgan fingerprint density at radius 2 is 2.22 bits per heavy atom.